The molecule has 1 heteroatoms. The van der Waals surface area contributed by atoms with Crippen LogP contribution in [0.4, 0.5) is 0 Å². The molecule has 1 nitrogen and oxygen atoms in total. The summed E-state index contributed by atoms with van der Waals surface area (Å²) in [4.78, 5) is 0. The molecule has 0 amide bonds. The molecule has 0 aromatic carbocycles. The molecule has 1 unspecified atom stereocenters. The van der Waals surface area contributed by atoms with E-state index >= 15 is 0 Å². The van der Waals surface area contributed by atoms with Gasteiger partial charge in [0.05, 0.1) is 0 Å². The minimum Gasteiger partial charge on any atom is -0.330 e. The molecule has 68 valence electrons. The third-order valence-corrected chi connectivity index (χ3v) is 2.51. The van der Waals surface area contributed by atoms with Crippen LogP contribution < -0.4 is 5.73 Å². The minimum atomic E-state index is 0.724. The van der Waals surface area contributed by atoms with E-state index in [4.69, 9.17) is 5.73 Å². The van der Waals surface area contributed by atoms with Gasteiger partial charge in [0.25, 0.3) is 0 Å². The van der Waals surface area contributed by atoms with Crippen LogP contribution in [0, 0.1) is 5.92 Å². The predicted octanol–water partition coefficient (Wildman–Crippen LogP) is 2.64. The maximum atomic E-state index is 5.45. The van der Waals surface area contributed by atoms with Gasteiger partial charge in [0.1, 0.15) is 0 Å². The summed E-state index contributed by atoms with van der Waals surface area (Å²) < 4.78 is 0. The Bertz CT molecular complexity index is 179. The molecular weight excluding hydrogens is 146 g/mol. The second-order valence-electron chi connectivity index (χ2n) is 3.37. The first-order valence-electron chi connectivity index (χ1n) is 4.95. The molecule has 1 aliphatic carbocycles. The molecule has 0 fully saturated rings. The zero-order valence-electron chi connectivity index (χ0n) is 7.92. The molecule has 0 aliphatic heterocycles. The summed E-state index contributed by atoms with van der Waals surface area (Å²) in [5.41, 5.74) is 7.04. The van der Waals surface area contributed by atoms with Crippen LogP contribution in [0.25, 0.3) is 0 Å². The molecule has 1 atom stereocenters. The Kier molecular flexibility index (Phi) is 4.09. The van der Waals surface area contributed by atoms with E-state index in [0.717, 1.165) is 12.5 Å². The fourth-order valence-electron chi connectivity index (χ4n) is 1.73. The third kappa shape index (κ3) is 2.49. The van der Waals surface area contributed by atoms with E-state index in [1.807, 2.05) is 0 Å². The molecule has 1 aliphatic rings. The molecular formula is C11H19N. The molecule has 0 radical (unpaired) electrons. The highest BCUT2D eigenvalue weighted by molar-refractivity contribution is 5.26. The highest BCUT2D eigenvalue weighted by atomic mass is 14.5. The number of unbranched alkanes of at least 4 members (excludes halogenated alkanes) is 1. The Labute approximate surface area is 75.3 Å². The van der Waals surface area contributed by atoms with Gasteiger partial charge in [-0.05, 0) is 31.7 Å². The second kappa shape index (κ2) is 5.15. The van der Waals surface area contributed by atoms with Gasteiger partial charge in [-0.2, -0.15) is 0 Å². The van der Waals surface area contributed by atoms with E-state index in [-0.39, 0.29) is 0 Å². The monoisotopic (exact) mass is 165 g/mol. The highest BCUT2D eigenvalue weighted by Gasteiger charge is 2.11. The summed E-state index contributed by atoms with van der Waals surface area (Å²) in [6.45, 7) is 3.07. The van der Waals surface area contributed by atoms with Gasteiger partial charge in [0.2, 0.25) is 0 Å². The zero-order valence-corrected chi connectivity index (χ0v) is 7.92. The van der Waals surface area contributed by atoms with Crippen LogP contribution in [0.15, 0.2) is 23.8 Å². The van der Waals surface area contributed by atoms with Crippen molar-refractivity contribution in [1.82, 2.24) is 0 Å². The van der Waals surface area contributed by atoms with Crippen LogP contribution in [-0.2, 0) is 0 Å². The van der Waals surface area contributed by atoms with Gasteiger partial charge in [-0.3, -0.25) is 0 Å². The van der Waals surface area contributed by atoms with Gasteiger partial charge in [-0.1, -0.05) is 37.1 Å². The van der Waals surface area contributed by atoms with Gasteiger partial charge in [-0.15, -0.1) is 0 Å². The summed E-state index contributed by atoms with van der Waals surface area (Å²) in [6.07, 6.45) is 11.7. The molecule has 0 heterocycles. The molecule has 1 rings (SSSR count). The van der Waals surface area contributed by atoms with Crippen molar-refractivity contribution in [2.75, 3.05) is 6.54 Å². The Hall–Kier alpha value is -0.560. The quantitative estimate of drug-likeness (QED) is 0.623. The van der Waals surface area contributed by atoms with Crippen LogP contribution >= 0.6 is 0 Å². The summed E-state index contributed by atoms with van der Waals surface area (Å²) in [5.74, 6) is 0.724. The number of hydrogen-bond donors (Lipinski definition) is 1. The van der Waals surface area contributed by atoms with Crippen LogP contribution in [0.5, 0.6) is 0 Å². The van der Waals surface area contributed by atoms with Crippen molar-refractivity contribution < 1.29 is 0 Å². The van der Waals surface area contributed by atoms with Gasteiger partial charge in [-0.25, -0.2) is 0 Å². The fraction of sp³-hybridized carbons (Fsp3) is 0.636. The average molecular weight is 165 g/mol. The summed E-state index contributed by atoms with van der Waals surface area (Å²) in [5, 5.41) is 0. The number of hydrogen-bond acceptors (Lipinski definition) is 1. The Morgan fingerprint density at radius 2 is 2.25 bits per heavy atom. The lowest BCUT2D eigenvalue weighted by molar-refractivity contribution is 0.598. The van der Waals surface area contributed by atoms with Crippen LogP contribution in [0.1, 0.15) is 32.6 Å². The SMILES string of the molecule is CCC1=CC=CC1CCCCN. The Balaban J connectivity index is 2.23. The third-order valence-electron chi connectivity index (χ3n) is 2.51. The number of rotatable bonds is 5. The normalized spacial score (nSPS) is 21.5. The smallest absolute Gasteiger partial charge is 0.00171 e. The lowest BCUT2D eigenvalue weighted by Gasteiger charge is -2.11. The standard InChI is InChI=1S/C11H19N/c1-2-10-7-5-8-11(10)6-3-4-9-12/h5,7-8,11H,2-4,6,9,12H2,1H3. The first-order chi connectivity index (χ1) is 5.88. The van der Waals surface area contributed by atoms with Crippen molar-refractivity contribution in [2.24, 2.45) is 11.7 Å². The molecule has 0 saturated heterocycles. The fourth-order valence-corrected chi connectivity index (χ4v) is 1.73. The van der Waals surface area contributed by atoms with Crippen molar-refractivity contribution in [3.8, 4) is 0 Å². The highest BCUT2D eigenvalue weighted by Crippen LogP contribution is 2.26. The van der Waals surface area contributed by atoms with E-state index < -0.39 is 0 Å². The van der Waals surface area contributed by atoms with Crippen molar-refractivity contribution in [1.29, 1.82) is 0 Å². The summed E-state index contributed by atoms with van der Waals surface area (Å²) in [6, 6.07) is 0. The minimum absolute atomic E-state index is 0.724. The maximum absolute atomic E-state index is 5.45. The van der Waals surface area contributed by atoms with E-state index in [0.29, 0.717) is 0 Å². The molecule has 0 aromatic rings. The number of allylic oxidation sites excluding steroid dienone is 4. The Morgan fingerprint density at radius 3 is 2.92 bits per heavy atom. The number of nitrogens with two attached hydrogens (primary N) is 1. The molecule has 0 aromatic heterocycles. The largest absolute Gasteiger partial charge is 0.330 e. The van der Waals surface area contributed by atoms with Crippen molar-refractivity contribution in [3.63, 3.8) is 0 Å². The Morgan fingerprint density at radius 1 is 1.42 bits per heavy atom. The van der Waals surface area contributed by atoms with E-state index in [9.17, 15) is 0 Å². The predicted molar refractivity (Wildman–Crippen MR) is 53.9 cm³/mol. The van der Waals surface area contributed by atoms with Gasteiger partial charge >= 0.3 is 0 Å². The molecule has 0 saturated carbocycles. The lowest BCUT2D eigenvalue weighted by Crippen LogP contribution is -2.02. The van der Waals surface area contributed by atoms with Crippen molar-refractivity contribution in [2.45, 2.75) is 32.6 Å². The first kappa shape index (κ1) is 9.53. The van der Waals surface area contributed by atoms with Crippen molar-refractivity contribution in [3.05, 3.63) is 23.8 Å². The van der Waals surface area contributed by atoms with E-state index in [2.05, 4.69) is 25.2 Å². The second-order valence-corrected chi connectivity index (χ2v) is 3.37. The lowest BCUT2D eigenvalue weighted by atomic mass is 9.95. The van der Waals surface area contributed by atoms with Crippen LogP contribution in [0.2, 0.25) is 0 Å². The maximum Gasteiger partial charge on any atom is -0.00171 e. The molecule has 12 heavy (non-hydrogen) atoms. The first-order valence-corrected chi connectivity index (χ1v) is 4.95. The molecule has 0 bridgehead atoms. The van der Waals surface area contributed by atoms with E-state index in [1.54, 1.807) is 5.57 Å². The molecule has 0 spiro atoms. The van der Waals surface area contributed by atoms with Gasteiger partial charge < -0.3 is 5.73 Å². The van der Waals surface area contributed by atoms with Crippen LogP contribution in [-0.4, -0.2) is 6.54 Å². The van der Waals surface area contributed by atoms with E-state index in [1.165, 1.54) is 25.7 Å². The molecule has 2 N–H and O–H groups in total. The summed E-state index contributed by atoms with van der Waals surface area (Å²) in [7, 11) is 0. The van der Waals surface area contributed by atoms with Crippen LogP contribution in [0.3, 0.4) is 0 Å². The average Bonchev–Trinajstić information content (AvgIpc) is 2.52. The summed E-state index contributed by atoms with van der Waals surface area (Å²) >= 11 is 0. The topological polar surface area (TPSA) is 26.0 Å². The zero-order chi connectivity index (χ0) is 8.81. The van der Waals surface area contributed by atoms with Gasteiger partial charge in [0, 0.05) is 0 Å². The van der Waals surface area contributed by atoms with Gasteiger partial charge in [0.15, 0.2) is 0 Å². The van der Waals surface area contributed by atoms with Crippen molar-refractivity contribution >= 4 is 0 Å².